The van der Waals surface area contributed by atoms with Gasteiger partial charge in [-0.05, 0) is 78.1 Å². The Kier molecular flexibility index (Phi) is 7.03. The number of nitrogens with one attached hydrogen (secondary N) is 1. The van der Waals surface area contributed by atoms with Crippen molar-refractivity contribution in [1.29, 1.82) is 0 Å². The highest BCUT2D eigenvalue weighted by atomic mass is 35.5. The average Bonchev–Trinajstić information content (AvgIpc) is 3.21. The van der Waals surface area contributed by atoms with Gasteiger partial charge in [0.1, 0.15) is 6.04 Å². The van der Waals surface area contributed by atoms with Crippen LogP contribution in [-0.4, -0.2) is 57.8 Å². The number of thioether (sulfide) groups is 1. The van der Waals surface area contributed by atoms with Gasteiger partial charge in [-0.15, -0.1) is 11.8 Å². The number of nitrogens with zero attached hydrogens (tertiary/aromatic N) is 2. The summed E-state index contributed by atoms with van der Waals surface area (Å²) >= 11 is 7.85. The fourth-order valence-electron chi connectivity index (χ4n) is 6.14. The monoisotopic (exact) mass is 577 g/mol. The maximum Gasteiger partial charge on any atom is 0.255 e. The molecule has 40 heavy (non-hydrogen) atoms. The number of imide groups is 1. The minimum absolute atomic E-state index is 0.136. The number of carbonyl (C=O) groups is 4. The molecule has 208 valence electrons. The van der Waals surface area contributed by atoms with Crippen LogP contribution < -0.4 is 5.32 Å². The number of carbonyl (C=O) groups excluding carboxylic acids is 4. The lowest BCUT2D eigenvalue weighted by molar-refractivity contribution is -0.137. The second-order valence-electron chi connectivity index (χ2n) is 12.0. The molecule has 1 unspecified atom stereocenters. The molecular weight excluding hydrogens is 546 g/mol. The number of hydrogen-bond acceptors (Lipinski definition) is 5. The molecule has 0 saturated carbocycles. The molecule has 3 aliphatic heterocycles. The summed E-state index contributed by atoms with van der Waals surface area (Å²) in [4.78, 5) is 55.0. The van der Waals surface area contributed by atoms with Gasteiger partial charge in [0.2, 0.25) is 17.7 Å². The maximum absolute atomic E-state index is 13.6. The molecule has 0 radical (unpaired) electrons. The number of rotatable bonds is 5. The number of benzene rings is 2. The number of allylic oxidation sites excluding steroid dienone is 1. The topological polar surface area (TPSA) is 86.8 Å². The third-order valence-corrected chi connectivity index (χ3v) is 9.86. The molecule has 2 aromatic rings. The Morgan fingerprint density at radius 1 is 1.05 bits per heavy atom. The van der Waals surface area contributed by atoms with E-state index in [1.807, 2.05) is 47.4 Å². The van der Waals surface area contributed by atoms with E-state index in [1.54, 1.807) is 16.7 Å². The van der Waals surface area contributed by atoms with Crippen molar-refractivity contribution in [2.24, 2.45) is 5.41 Å². The number of fused-ring (bicyclic) bond motifs is 1. The van der Waals surface area contributed by atoms with Crippen LogP contribution in [0.3, 0.4) is 0 Å². The number of halogens is 1. The van der Waals surface area contributed by atoms with E-state index in [0.717, 1.165) is 46.4 Å². The van der Waals surface area contributed by atoms with Crippen LogP contribution in [0.4, 0.5) is 0 Å². The van der Waals surface area contributed by atoms with Crippen molar-refractivity contribution < 1.29 is 19.2 Å². The van der Waals surface area contributed by atoms with Crippen molar-refractivity contribution in [1.82, 2.24) is 15.1 Å². The molecule has 4 aliphatic rings. The van der Waals surface area contributed by atoms with Crippen LogP contribution in [0.5, 0.6) is 0 Å². The average molecular weight is 578 g/mol. The molecule has 2 saturated heterocycles. The van der Waals surface area contributed by atoms with Crippen molar-refractivity contribution in [3.8, 4) is 0 Å². The van der Waals surface area contributed by atoms with Gasteiger partial charge < -0.3 is 9.80 Å². The van der Waals surface area contributed by atoms with Crippen molar-refractivity contribution in [3.05, 3.63) is 69.8 Å². The highest BCUT2D eigenvalue weighted by molar-refractivity contribution is 8.00. The Labute approximate surface area is 243 Å². The Hall–Kier alpha value is -3.10. The minimum atomic E-state index is -0.614. The molecule has 0 spiro atoms. The molecule has 7 nitrogen and oxygen atoms in total. The summed E-state index contributed by atoms with van der Waals surface area (Å²) in [6.45, 7) is 6.25. The molecule has 1 atom stereocenters. The third kappa shape index (κ3) is 5.19. The fourth-order valence-corrected chi connectivity index (χ4v) is 7.51. The second-order valence-corrected chi connectivity index (χ2v) is 13.8. The molecule has 1 N–H and O–H groups in total. The predicted molar refractivity (Wildman–Crippen MR) is 155 cm³/mol. The summed E-state index contributed by atoms with van der Waals surface area (Å²) < 4.78 is 0. The van der Waals surface area contributed by atoms with Gasteiger partial charge in [-0.3, -0.25) is 24.5 Å². The first-order valence-corrected chi connectivity index (χ1v) is 15.1. The van der Waals surface area contributed by atoms with Gasteiger partial charge in [0, 0.05) is 52.4 Å². The van der Waals surface area contributed by atoms with Crippen LogP contribution in [0.15, 0.2) is 52.9 Å². The third-order valence-electron chi connectivity index (χ3n) is 8.46. The second kappa shape index (κ2) is 10.4. The van der Waals surface area contributed by atoms with Crippen LogP contribution in [0.2, 0.25) is 5.02 Å². The summed E-state index contributed by atoms with van der Waals surface area (Å²) in [5.74, 6) is -0.720. The first-order chi connectivity index (χ1) is 19.1. The summed E-state index contributed by atoms with van der Waals surface area (Å²) in [5, 5.41) is 3.32. The molecule has 1 aliphatic carbocycles. The van der Waals surface area contributed by atoms with E-state index in [4.69, 9.17) is 11.6 Å². The van der Waals surface area contributed by atoms with Crippen LogP contribution in [0.25, 0.3) is 5.57 Å². The van der Waals surface area contributed by atoms with Crippen LogP contribution >= 0.6 is 23.4 Å². The van der Waals surface area contributed by atoms with Gasteiger partial charge in [-0.25, -0.2) is 0 Å². The van der Waals surface area contributed by atoms with Crippen LogP contribution in [0.1, 0.15) is 67.4 Å². The van der Waals surface area contributed by atoms with Gasteiger partial charge in [0.05, 0.1) is 0 Å². The molecule has 2 fully saturated rings. The first-order valence-electron chi connectivity index (χ1n) is 13.8. The van der Waals surface area contributed by atoms with Crippen LogP contribution in [0, 0.1) is 5.41 Å². The van der Waals surface area contributed by atoms with E-state index in [0.29, 0.717) is 36.6 Å². The Morgan fingerprint density at radius 3 is 2.52 bits per heavy atom. The van der Waals surface area contributed by atoms with Crippen molar-refractivity contribution in [2.75, 3.05) is 13.1 Å². The molecule has 0 aromatic heterocycles. The van der Waals surface area contributed by atoms with Crippen molar-refractivity contribution in [3.63, 3.8) is 0 Å². The summed E-state index contributed by atoms with van der Waals surface area (Å²) in [7, 11) is 0. The SMILES string of the molecule is CC1(C)CCC(C(=O)N2CC(Sc3ccc4c(c3)CN(C3CCC(=O)NC3=O)C4=O)C2)=C(c2ccc(Cl)cc2)C1. The van der Waals surface area contributed by atoms with Gasteiger partial charge in [-0.2, -0.15) is 0 Å². The molecule has 3 heterocycles. The standard InChI is InChI=1S/C31H32ClN3O4S/c1-31(2)12-11-24(25(14-31)18-3-5-20(32)6-4-18)29(38)34-16-22(17-34)40-21-7-8-23-19(13-21)15-35(30(23)39)26-9-10-27(36)33-28(26)37/h3-8,13,22,26H,9-12,14-17H2,1-2H3,(H,33,36,37). The van der Waals surface area contributed by atoms with E-state index in [-0.39, 0.29) is 34.8 Å². The number of likely N-dealkylation sites (tertiary alicyclic amines) is 1. The fraction of sp³-hybridized carbons (Fsp3) is 0.419. The van der Waals surface area contributed by atoms with E-state index in [9.17, 15) is 19.2 Å². The van der Waals surface area contributed by atoms with E-state index in [1.165, 1.54) is 0 Å². The lowest BCUT2D eigenvalue weighted by Crippen LogP contribution is -2.52. The number of hydrogen-bond donors (Lipinski definition) is 1. The van der Waals surface area contributed by atoms with Crippen molar-refractivity contribution in [2.45, 2.75) is 68.7 Å². The largest absolute Gasteiger partial charge is 0.337 e. The first kappa shape index (κ1) is 27.1. The van der Waals surface area contributed by atoms with E-state index < -0.39 is 11.9 Å². The predicted octanol–water partition coefficient (Wildman–Crippen LogP) is 5.07. The molecule has 6 rings (SSSR count). The Balaban J connectivity index is 1.11. The van der Waals surface area contributed by atoms with E-state index >= 15 is 0 Å². The molecule has 4 amide bonds. The van der Waals surface area contributed by atoms with Gasteiger partial charge in [-0.1, -0.05) is 37.6 Å². The number of amides is 4. The van der Waals surface area contributed by atoms with Gasteiger partial charge >= 0.3 is 0 Å². The quantitative estimate of drug-likeness (QED) is 0.502. The van der Waals surface area contributed by atoms with Crippen molar-refractivity contribution >= 4 is 52.6 Å². The lowest BCUT2D eigenvalue weighted by atomic mass is 9.72. The Bertz CT molecular complexity index is 1440. The zero-order valence-electron chi connectivity index (χ0n) is 22.7. The van der Waals surface area contributed by atoms with E-state index in [2.05, 4.69) is 19.2 Å². The maximum atomic E-state index is 13.6. The van der Waals surface area contributed by atoms with Crippen LogP contribution in [-0.2, 0) is 20.9 Å². The highest BCUT2D eigenvalue weighted by Gasteiger charge is 2.40. The summed E-state index contributed by atoms with van der Waals surface area (Å²) in [5.41, 5.74) is 4.80. The highest BCUT2D eigenvalue weighted by Crippen LogP contribution is 2.44. The Morgan fingerprint density at radius 2 is 1.80 bits per heavy atom. The number of piperidine rings is 1. The normalized spacial score (nSPS) is 22.8. The summed E-state index contributed by atoms with van der Waals surface area (Å²) in [6.07, 6.45) is 3.23. The molecule has 9 heteroatoms. The zero-order chi connectivity index (χ0) is 28.2. The lowest BCUT2D eigenvalue weighted by Gasteiger charge is -2.41. The minimum Gasteiger partial charge on any atom is -0.337 e. The molecular formula is C31H32ClN3O4S. The molecule has 2 aromatic carbocycles. The van der Waals surface area contributed by atoms with Gasteiger partial charge in [0.25, 0.3) is 5.91 Å². The summed E-state index contributed by atoms with van der Waals surface area (Å²) in [6, 6.07) is 13.0. The zero-order valence-corrected chi connectivity index (χ0v) is 24.2. The molecule has 0 bridgehead atoms. The van der Waals surface area contributed by atoms with Gasteiger partial charge in [0.15, 0.2) is 0 Å². The smallest absolute Gasteiger partial charge is 0.255 e.